The third kappa shape index (κ3) is 5.61. The molecule has 0 unspecified atom stereocenters. The summed E-state index contributed by atoms with van der Waals surface area (Å²) in [6.45, 7) is 5.61. The molecule has 2 aromatic heterocycles. The zero-order chi connectivity index (χ0) is 24.0. The van der Waals surface area contributed by atoms with Crippen molar-refractivity contribution in [2.24, 2.45) is 5.92 Å². The SMILES string of the molecule is N#Cc1cn(CCCNC(=O)C2CCC2)c2nc(Nc3cccc(CN4CCOCC4)c3)ncc12. The number of carbonyl (C=O) groups is 1. The molecule has 0 radical (unpaired) electrons. The minimum atomic E-state index is 0.163. The Balaban J connectivity index is 1.25. The van der Waals surface area contributed by atoms with Crippen LogP contribution in [0.1, 0.15) is 36.8 Å². The van der Waals surface area contributed by atoms with Gasteiger partial charge >= 0.3 is 0 Å². The molecule has 1 amide bonds. The number of anilines is 2. The highest BCUT2D eigenvalue weighted by Crippen LogP contribution is 2.26. The molecule has 3 heterocycles. The van der Waals surface area contributed by atoms with Gasteiger partial charge in [0.15, 0.2) is 0 Å². The highest BCUT2D eigenvalue weighted by atomic mass is 16.5. The van der Waals surface area contributed by atoms with Gasteiger partial charge in [0.2, 0.25) is 11.9 Å². The number of ether oxygens (including phenoxy) is 1. The number of nitrogens with zero attached hydrogens (tertiary/aromatic N) is 5. The van der Waals surface area contributed by atoms with Crippen molar-refractivity contribution in [3.63, 3.8) is 0 Å². The van der Waals surface area contributed by atoms with E-state index in [2.05, 4.69) is 38.7 Å². The van der Waals surface area contributed by atoms with Gasteiger partial charge in [-0.1, -0.05) is 18.6 Å². The topological polar surface area (TPSA) is 108 Å². The van der Waals surface area contributed by atoms with Crippen LogP contribution in [-0.4, -0.2) is 58.2 Å². The van der Waals surface area contributed by atoms with E-state index in [4.69, 9.17) is 9.72 Å². The van der Waals surface area contributed by atoms with Crippen molar-refractivity contribution in [2.45, 2.75) is 38.8 Å². The number of aryl methyl sites for hydroxylation is 1. The average Bonchev–Trinajstić information content (AvgIpc) is 3.19. The summed E-state index contributed by atoms with van der Waals surface area (Å²) in [5, 5.41) is 16.6. The standard InChI is InChI=1S/C26H31N7O2/c27-15-21-18-33(9-3-8-28-25(34)20-5-2-6-20)24-23(21)16-29-26(31-24)30-22-7-1-4-19(14-22)17-32-10-12-35-13-11-32/h1,4,7,14,16,18,20H,2-3,5-6,8-13,17H2,(H,28,34)(H,29,30,31). The molecule has 0 spiro atoms. The van der Waals surface area contributed by atoms with Crippen LogP contribution in [-0.2, 0) is 22.6 Å². The fraction of sp³-hybridized carbons (Fsp3) is 0.462. The van der Waals surface area contributed by atoms with Crippen molar-refractivity contribution < 1.29 is 9.53 Å². The molecule has 0 atom stereocenters. The van der Waals surface area contributed by atoms with E-state index in [0.717, 1.165) is 69.6 Å². The van der Waals surface area contributed by atoms with Gasteiger partial charge in [0, 0.05) is 56.7 Å². The molecule has 1 aliphatic heterocycles. The van der Waals surface area contributed by atoms with Gasteiger partial charge in [0.1, 0.15) is 11.7 Å². The molecule has 35 heavy (non-hydrogen) atoms. The van der Waals surface area contributed by atoms with Gasteiger partial charge < -0.3 is 19.9 Å². The number of rotatable bonds is 9. The number of fused-ring (bicyclic) bond motifs is 1. The van der Waals surface area contributed by atoms with E-state index < -0.39 is 0 Å². The minimum absolute atomic E-state index is 0.163. The van der Waals surface area contributed by atoms with Gasteiger partial charge in [-0.3, -0.25) is 9.69 Å². The number of nitrogens with one attached hydrogen (secondary N) is 2. The van der Waals surface area contributed by atoms with Crippen molar-refractivity contribution in [3.05, 3.63) is 47.8 Å². The molecule has 1 saturated carbocycles. The fourth-order valence-electron chi connectivity index (χ4n) is 4.56. The molecule has 2 N–H and O–H groups in total. The molecule has 0 bridgehead atoms. The van der Waals surface area contributed by atoms with Crippen molar-refractivity contribution in [1.29, 1.82) is 5.26 Å². The summed E-state index contributed by atoms with van der Waals surface area (Å²) in [6.07, 6.45) is 7.45. The fourth-order valence-corrected chi connectivity index (χ4v) is 4.56. The van der Waals surface area contributed by atoms with E-state index in [-0.39, 0.29) is 11.8 Å². The van der Waals surface area contributed by atoms with Crippen LogP contribution >= 0.6 is 0 Å². The van der Waals surface area contributed by atoms with Gasteiger partial charge in [0.25, 0.3) is 0 Å². The van der Waals surface area contributed by atoms with Crippen LogP contribution in [0.25, 0.3) is 11.0 Å². The quantitative estimate of drug-likeness (QED) is 0.460. The van der Waals surface area contributed by atoms with Crippen LogP contribution in [0.5, 0.6) is 0 Å². The summed E-state index contributed by atoms with van der Waals surface area (Å²) in [5.41, 5.74) is 3.41. The third-order valence-corrected chi connectivity index (χ3v) is 6.78. The Morgan fingerprint density at radius 3 is 2.89 bits per heavy atom. The summed E-state index contributed by atoms with van der Waals surface area (Å²) < 4.78 is 7.42. The first-order valence-corrected chi connectivity index (χ1v) is 12.4. The van der Waals surface area contributed by atoms with E-state index in [1.54, 1.807) is 6.20 Å². The van der Waals surface area contributed by atoms with Crippen LogP contribution in [0.2, 0.25) is 0 Å². The summed E-state index contributed by atoms with van der Waals surface area (Å²) >= 11 is 0. The van der Waals surface area contributed by atoms with E-state index in [1.807, 2.05) is 22.9 Å². The minimum Gasteiger partial charge on any atom is -0.379 e. The van der Waals surface area contributed by atoms with E-state index >= 15 is 0 Å². The highest BCUT2D eigenvalue weighted by Gasteiger charge is 2.24. The van der Waals surface area contributed by atoms with E-state index in [9.17, 15) is 10.1 Å². The lowest BCUT2D eigenvalue weighted by atomic mass is 9.85. The number of hydrogen-bond acceptors (Lipinski definition) is 7. The van der Waals surface area contributed by atoms with Gasteiger partial charge in [-0.2, -0.15) is 10.2 Å². The number of benzene rings is 1. The molecule has 9 nitrogen and oxygen atoms in total. The number of aromatic nitrogens is 3. The summed E-state index contributed by atoms with van der Waals surface area (Å²) in [6, 6.07) is 10.5. The van der Waals surface area contributed by atoms with Crippen molar-refractivity contribution in [2.75, 3.05) is 38.2 Å². The summed E-state index contributed by atoms with van der Waals surface area (Å²) in [4.78, 5) is 23.6. The Kier molecular flexibility index (Phi) is 7.21. The molecular weight excluding hydrogens is 442 g/mol. The Morgan fingerprint density at radius 1 is 1.26 bits per heavy atom. The largest absolute Gasteiger partial charge is 0.379 e. The first-order valence-electron chi connectivity index (χ1n) is 12.4. The van der Waals surface area contributed by atoms with Crippen molar-refractivity contribution in [3.8, 4) is 6.07 Å². The predicted molar refractivity (Wildman–Crippen MR) is 133 cm³/mol. The van der Waals surface area contributed by atoms with Crippen LogP contribution in [0.4, 0.5) is 11.6 Å². The number of amides is 1. The van der Waals surface area contributed by atoms with Crippen LogP contribution in [0.3, 0.4) is 0 Å². The lowest BCUT2D eigenvalue weighted by Gasteiger charge is -2.26. The molecule has 1 aliphatic carbocycles. The molecule has 3 aromatic rings. The van der Waals surface area contributed by atoms with Crippen LogP contribution < -0.4 is 10.6 Å². The lowest BCUT2D eigenvalue weighted by molar-refractivity contribution is -0.127. The molecule has 2 aliphatic rings. The maximum absolute atomic E-state index is 12.1. The molecule has 9 heteroatoms. The number of carbonyl (C=O) groups excluding carboxylic acids is 1. The molecule has 5 rings (SSSR count). The Labute approximate surface area is 205 Å². The maximum Gasteiger partial charge on any atom is 0.229 e. The summed E-state index contributed by atoms with van der Waals surface area (Å²) in [7, 11) is 0. The van der Waals surface area contributed by atoms with E-state index in [1.165, 1.54) is 5.56 Å². The molecular formula is C26H31N7O2. The van der Waals surface area contributed by atoms with Crippen LogP contribution in [0, 0.1) is 17.2 Å². The Hall–Kier alpha value is -3.48. The third-order valence-electron chi connectivity index (χ3n) is 6.78. The second-order valence-electron chi connectivity index (χ2n) is 9.27. The van der Waals surface area contributed by atoms with E-state index in [0.29, 0.717) is 30.2 Å². The zero-order valence-corrected chi connectivity index (χ0v) is 19.9. The summed E-state index contributed by atoms with van der Waals surface area (Å²) in [5.74, 6) is 0.848. The first-order chi connectivity index (χ1) is 17.2. The Morgan fingerprint density at radius 2 is 2.11 bits per heavy atom. The van der Waals surface area contributed by atoms with Crippen LogP contribution in [0.15, 0.2) is 36.7 Å². The molecule has 2 fully saturated rings. The second-order valence-corrected chi connectivity index (χ2v) is 9.27. The molecule has 1 aromatic carbocycles. The van der Waals surface area contributed by atoms with Gasteiger partial charge in [0.05, 0.1) is 24.2 Å². The predicted octanol–water partition coefficient (Wildman–Crippen LogP) is 3.19. The average molecular weight is 474 g/mol. The molecule has 182 valence electrons. The lowest BCUT2D eigenvalue weighted by Crippen LogP contribution is -2.35. The van der Waals surface area contributed by atoms with Gasteiger partial charge in [-0.25, -0.2) is 4.98 Å². The monoisotopic (exact) mass is 473 g/mol. The smallest absolute Gasteiger partial charge is 0.229 e. The maximum atomic E-state index is 12.1. The normalized spacial score (nSPS) is 16.5. The second kappa shape index (κ2) is 10.8. The van der Waals surface area contributed by atoms with Gasteiger partial charge in [-0.05, 0) is 37.0 Å². The van der Waals surface area contributed by atoms with Crippen molar-refractivity contribution in [1.82, 2.24) is 24.8 Å². The Bertz CT molecular complexity index is 1220. The first kappa shape index (κ1) is 23.3. The van der Waals surface area contributed by atoms with Crippen molar-refractivity contribution >= 4 is 28.6 Å². The highest BCUT2D eigenvalue weighted by molar-refractivity contribution is 5.83. The number of morpholine rings is 1. The molecule has 1 saturated heterocycles. The zero-order valence-electron chi connectivity index (χ0n) is 19.9. The number of nitriles is 1. The van der Waals surface area contributed by atoms with Gasteiger partial charge in [-0.15, -0.1) is 0 Å². The number of hydrogen-bond donors (Lipinski definition) is 2.